The number of thiophene rings is 1. The van der Waals surface area contributed by atoms with Crippen LogP contribution in [0, 0.1) is 13.8 Å². The highest BCUT2D eigenvalue weighted by Crippen LogP contribution is 2.33. The van der Waals surface area contributed by atoms with Gasteiger partial charge in [-0.2, -0.15) is 0 Å². The van der Waals surface area contributed by atoms with Crippen LogP contribution in [0.15, 0.2) is 24.3 Å². The fourth-order valence-corrected chi connectivity index (χ4v) is 3.77. The maximum atomic E-state index is 6.35. The predicted molar refractivity (Wildman–Crippen MR) is 87.7 cm³/mol. The largest absolute Gasteiger partial charge is 0.496 e. The smallest absolute Gasteiger partial charge is 0.141 e. The van der Waals surface area contributed by atoms with Crippen molar-refractivity contribution in [3.05, 3.63) is 51.2 Å². The molecule has 0 amide bonds. The first-order valence-corrected chi connectivity index (χ1v) is 7.83. The van der Waals surface area contributed by atoms with Gasteiger partial charge >= 0.3 is 0 Å². The summed E-state index contributed by atoms with van der Waals surface area (Å²) in [4.78, 5) is 11.3. The number of nitrogens with zero attached hydrogens (tertiary/aromatic N) is 2. The molecule has 0 radical (unpaired) electrons. The monoisotopic (exact) mass is 318 g/mol. The Hall–Kier alpha value is -1.65. The number of methoxy groups -OCH3 is 1. The van der Waals surface area contributed by atoms with Gasteiger partial charge in [-0.25, -0.2) is 9.97 Å². The quantitative estimate of drug-likeness (QED) is 0.664. The van der Waals surface area contributed by atoms with Crippen LogP contribution in [0.4, 0.5) is 0 Å². The number of halogens is 1. The number of aryl methyl sites for hydroxylation is 2. The van der Waals surface area contributed by atoms with Crippen LogP contribution in [0.25, 0.3) is 10.2 Å². The van der Waals surface area contributed by atoms with Crippen molar-refractivity contribution in [1.82, 2.24) is 9.97 Å². The summed E-state index contributed by atoms with van der Waals surface area (Å²) in [7, 11) is 1.67. The molecule has 0 aliphatic carbocycles. The molecule has 3 aromatic rings. The van der Waals surface area contributed by atoms with E-state index in [1.165, 1.54) is 10.4 Å². The number of benzene rings is 1. The van der Waals surface area contributed by atoms with Crippen molar-refractivity contribution in [2.75, 3.05) is 7.11 Å². The number of aromatic nitrogens is 2. The van der Waals surface area contributed by atoms with Crippen LogP contribution < -0.4 is 4.74 Å². The van der Waals surface area contributed by atoms with E-state index in [9.17, 15) is 0 Å². The van der Waals surface area contributed by atoms with Crippen molar-refractivity contribution in [2.24, 2.45) is 0 Å². The molecule has 0 atom stereocenters. The van der Waals surface area contributed by atoms with Crippen LogP contribution >= 0.6 is 22.9 Å². The summed E-state index contributed by atoms with van der Waals surface area (Å²) in [5, 5.41) is 1.51. The molecule has 21 heavy (non-hydrogen) atoms. The summed E-state index contributed by atoms with van der Waals surface area (Å²) in [6, 6.07) is 7.89. The van der Waals surface area contributed by atoms with E-state index < -0.39 is 0 Å². The van der Waals surface area contributed by atoms with E-state index in [4.69, 9.17) is 16.3 Å². The zero-order valence-electron chi connectivity index (χ0n) is 12.1. The molecule has 2 aromatic heterocycles. The maximum Gasteiger partial charge on any atom is 0.141 e. The first-order chi connectivity index (χ1) is 10.1. The van der Waals surface area contributed by atoms with Gasteiger partial charge in [0.25, 0.3) is 0 Å². The number of fused-ring (bicyclic) bond motifs is 1. The minimum absolute atomic E-state index is 0.534. The van der Waals surface area contributed by atoms with E-state index in [1.807, 2.05) is 24.3 Å². The average molecular weight is 319 g/mol. The molecular formula is C16H15ClN2OS. The van der Waals surface area contributed by atoms with Crippen molar-refractivity contribution in [3.63, 3.8) is 0 Å². The zero-order valence-corrected chi connectivity index (χ0v) is 13.7. The number of para-hydroxylation sites is 1. The molecule has 0 spiro atoms. The van der Waals surface area contributed by atoms with Gasteiger partial charge in [0.1, 0.15) is 21.6 Å². The van der Waals surface area contributed by atoms with Gasteiger partial charge in [-0.1, -0.05) is 29.8 Å². The van der Waals surface area contributed by atoms with Crippen molar-refractivity contribution >= 4 is 33.2 Å². The normalized spacial score (nSPS) is 11.0. The van der Waals surface area contributed by atoms with Gasteiger partial charge in [-0.05, 0) is 25.5 Å². The molecule has 0 fully saturated rings. The number of rotatable bonds is 3. The van der Waals surface area contributed by atoms with Gasteiger partial charge in [0.2, 0.25) is 0 Å². The SMILES string of the molecule is COc1ccccc1Cc1nc(Cl)c2c(C)c(C)sc2n1. The first kappa shape index (κ1) is 14.3. The van der Waals surface area contributed by atoms with E-state index in [0.717, 1.165) is 27.4 Å². The summed E-state index contributed by atoms with van der Waals surface area (Å²) in [6.45, 7) is 4.14. The van der Waals surface area contributed by atoms with Gasteiger partial charge in [0.15, 0.2) is 0 Å². The summed E-state index contributed by atoms with van der Waals surface area (Å²) in [6.07, 6.45) is 0.607. The fourth-order valence-electron chi connectivity index (χ4n) is 2.34. The van der Waals surface area contributed by atoms with E-state index >= 15 is 0 Å². The van der Waals surface area contributed by atoms with Gasteiger partial charge < -0.3 is 4.74 Å². The Balaban J connectivity index is 2.05. The second kappa shape index (κ2) is 5.62. The van der Waals surface area contributed by atoms with Crippen LogP contribution in [0.2, 0.25) is 5.15 Å². The summed E-state index contributed by atoms with van der Waals surface area (Å²) in [5.74, 6) is 1.56. The number of ether oxygens (including phenoxy) is 1. The van der Waals surface area contributed by atoms with Crippen LogP contribution in [-0.2, 0) is 6.42 Å². The molecule has 0 N–H and O–H groups in total. The summed E-state index contributed by atoms with van der Waals surface area (Å²) < 4.78 is 5.37. The van der Waals surface area contributed by atoms with Crippen LogP contribution in [-0.4, -0.2) is 17.1 Å². The van der Waals surface area contributed by atoms with Crippen LogP contribution in [0.5, 0.6) is 5.75 Å². The Morgan fingerprint density at radius 3 is 2.71 bits per heavy atom. The Morgan fingerprint density at radius 2 is 1.95 bits per heavy atom. The molecule has 0 bridgehead atoms. The predicted octanol–water partition coefficient (Wildman–Crippen LogP) is 4.56. The molecule has 5 heteroatoms. The molecule has 2 heterocycles. The molecule has 108 valence electrons. The van der Waals surface area contributed by atoms with Crippen LogP contribution in [0.1, 0.15) is 21.8 Å². The zero-order chi connectivity index (χ0) is 15.0. The van der Waals surface area contributed by atoms with Crippen molar-refractivity contribution in [1.29, 1.82) is 0 Å². The Labute approximate surface area is 132 Å². The molecule has 0 saturated heterocycles. The third-order valence-corrected chi connectivity index (χ3v) is 4.95. The van der Waals surface area contributed by atoms with Crippen molar-refractivity contribution < 1.29 is 4.74 Å². The topological polar surface area (TPSA) is 35.0 Å². The molecule has 0 unspecified atom stereocenters. The van der Waals surface area contributed by atoms with E-state index in [2.05, 4.69) is 23.8 Å². The van der Waals surface area contributed by atoms with E-state index in [0.29, 0.717) is 11.6 Å². The highest BCUT2D eigenvalue weighted by Gasteiger charge is 2.14. The minimum Gasteiger partial charge on any atom is -0.496 e. The van der Waals surface area contributed by atoms with Crippen molar-refractivity contribution in [2.45, 2.75) is 20.3 Å². The standard InChI is InChI=1S/C16H15ClN2OS/c1-9-10(2)21-16-14(9)15(17)18-13(19-16)8-11-6-4-5-7-12(11)20-3/h4-7H,8H2,1-3H3. The van der Waals surface area contributed by atoms with Gasteiger partial charge in [-0.15, -0.1) is 11.3 Å². The molecule has 3 rings (SSSR count). The van der Waals surface area contributed by atoms with Gasteiger partial charge in [0, 0.05) is 16.9 Å². The molecule has 0 saturated carbocycles. The van der Waals surface area contributed by atoms with Crippen LogP contribution in [0.3, 0.4) is 0 Å². The second-order valence-electron chi connectivity index (χ2n) is 4.88. The number of hydrogen-bond acceptors (Lipinski definition) is 4. The lowest BCUT2D eigenvalue weighted by atomic mass is 10.1. The molecular weight excluding hydrogens is 304 g/mol. The summed E-state index contributed by atoms with van der Waals surface area (Å²) in [5.41, 5.74) is 2.23. The van der Waals surface area contributed by atoms with Crippen molar-refractivity contribution in [3.8, 4) is 5.75 Å². The highest BCUT2D eigenvalue weighted by atomic mass is 35.5. The highest BCUT2D eigenvalue weighted by molar-refractivity contribution is 7.18. The lowest BCUT2D eigenvalue weighted by molar-refractivity contribution is 0.410. The Morgan fingerprint density at radius 1 is 1.19 bits per heavy atom. The third kappa shape index (κ3) is 2.61. The third-order valence-electron chi connectivity index (χ3n) is 3.57. The van der Waals surface area contributed by atoms with E-state index in [-0.39, 0.29) is 0 Å². The maximum absolute atomic E-state index is 6.35. The fraction of sp³-hybridized carbons (Fsp3) is 0.250. The molecule has 1 aromatic carbocycles. The Bertz CT molecular complexity index is 813. The molecule has 0 aliphatic heterocycles. The average Bonchev–Trinajstić information content (AvgIpc) is 2.75. The number of hydrogen-bond donors (Lipinski definition) is 0. The minimum atomic E-state index is 0.534. The molecule has 3 nitrogen and oxygen atoms in total. The first-order valence-electron chi connectivity index (χ1n) is 6.64. The van der Waals surface area contributed by atoms with Gasteiger partial charge in [0.05, 0.1) is 12.5 Å². The van der Waals surface area contributed by atoms with Gasteiger partial charge in [-0.3, -0.25) is 0 Å². The summed E-state index contributed by atoms with van der Waals surface area (Å²) >= 11 is 8.01. The second-order valence-corrected chi connectivity index (χ2v) is 6.44. The lowest BCUT2D eigenvalue weighted by Gasteiger charge is -2.07. The Kier molecular flexibility index (Phi) is 3.83. The van der Waals surface area contributed by atoms with E-state index in [1.54, 1.807) is 18.4 Å². The lowest BCUT2D eigenvalue weighted by Crippen LogP contribution is -1.99. The molecule has 0 aliphatic rings.